The third-order valence-electron chi connectivity index (χ3n) is 1.87. The van der Waals surface area contributed by atoms with Gasteiger partial charge in [-0.15, -0.1) is 0 Å². The lowest BCUT2D eigenvalue weighted by molar-refractivity contribution is -0.167. The van der Waals surface area contributed by atoms with Gasteiger partial charge >= 0.3 is 5.97 Å². The molecule has 4 nitrogen and oxygen atoms in total. The first-order valence-corrected chi connectivity index (χ1v) is 4.59. The van der Waals surface area contributed by atoms with Crippen LogP contribution in [-0.4, -0.2) is 36.0 Å². The molecule has 1 aliphatic rings. The lowest BCUT2D eigenvalue weighted by Gasteiger charge is -2.25. The van der Waals surface area contributed by atoms with Crippen molar-refractivity contribution >= 4 is 5.97 Å². The van der Waals surface area contributed by atoms with Crippen molar-refractivity contribution in [3.63, 3.8) is 0 Å². The number of aliphatic hydroxyl groups is 1. The van der Waals surface area contributed by atoms with Crippen molar-refractivity contribution in [1.82, 2.24) is 0 Å². The Hall–Kier alpha value is -0.610. The molecule has 0 saturated carbocycles. The van der Waals surface area contributed by atoms with E-state index in [9.17, 15) is 9.90 Å². The topological polar surface area (TPSA) is 55.8 Å². The number of aliphatic hydroxyl groups excluding tert-OH is 1. The van der Waals surface area contributed by atoms with Gasteiger partial charge in [-0.3, -0.25) is 0 Å². The Morgan fingerprint density at radius 3 is 2.85 bits per heavy atom. The van der Waals surface area contributed by atoms with Crippen molar-refractivity contribution in [2.75, 3.05) is 6.61 Å². The summed E-state index contributed by atoms with van der Waals surface area (Å²) in [6, 6.07) is 0. The van der Waals surface area contributed by atoms with Gasteiger partial charge in [-0.1, -0.05) is 0 Å². The van der Waals surface area contributed by atoms with E-state index in [0.717, 1.165) is 0 Å². The third kappa shape index (κ3) is 3.32. The van der Waals surface area contributed by atoms with Crippen molar-refractivity contribution in [2.24, 2.45) is 0 Å². The van der Waals surface area contributed by atoms with E-state index in [2.05, 4.69) is 0 Å². The summed E-state index contributed by atoms with van der Waals surface area (Å²) in [6.45, 7) is 4.01. The van der Waals surface area contributed by atoms with Crippen LogP contribution >= 0.6 is 0 Å². The predicted octanol–water partition coefficient (Wildman–Crippen LogP) is 0.478. The van der Waals surface area contributed by atoms with Gasteiger partial charge in [0.05, 0.1) is 18.8 Å². The van der Waals surface area contributed by atoms with Gasteiger partial charge in [0, 0.05) is 6.42 Å². The summed E-state index contributed by atoms with van der Waals surface area (Å²) in [5.41, 5.74) is 0. The molecule has 2 atom stereocenters. The number of hydrogen-bond acceptors (Lipinski definition) is 4. The van der Waals surface area contributed by atoms with Gasteiger partial charge in [0.2, 0.25) is 0 Å². The van der Waals surface area contributed by atoms with Crippen LogP contribution in [0.5, 0.6) is 0 Å². The van der Waals surface area contributed by atoms with E-state index in [1.807, 2.05) is 0 Å². The molecule has 1 aliphatic heterocycles. The first-order chi connectivity index (χ1) is 6.09. The Balaban J connectivity index is 2.37. The second-order valence-corrected chi connectivity index (χ2v) is 3.52. The molecule has 0 aliphatic carbocycles. The molecule has 0 amide bonds. The van der Waals surface area contributed by atoms with Crippen molar-refractivity contribution in [1.29, 1.82) is 0 Å². The highest BCUT2D eigenvalue weighted by Gasteiger charge is 2.28. The molecule has 1 rings (SSSR count). The molecule has 1 N–H and O–H groups in total. The van der Waals surface area contributed by atoms with Crippen LogP contribution in [-0.2, 0) is 14.3 Å². The van der Waals surface area contributed by atoms with Crippen LogP contribution in [0.4, 0.5) is 0 Å². The molecule has 0 radical (unpaired) electrons. The minimum Gasteiger partial charge on any atom is -0.461 e. The Kier molecular flexibility index (Phi) is 3.69. The van der Waals surface area contributed by atoms with E-state index < -0.39 is 12.2 Å². The van der Waals surface area contributed by atoms with Gasteiger partial charge < -0.3 is 14.6 Å². The fourth-order valence-electron chi connectivity index (χ4n) is 1.25. The summed E-state index contributed by atoms with van der Waals surface area (Å²) in [5, 5.41) is 9.27. The maximum atomic E-state index is 11.3. The molecule has 0 bridgehead atoms. The third-order valence-corrected chi connectivity index (χ3v) is 1.87. The molecule has 1 saturated heterocycles. The van der Waals surface area contributed by atoms with Crippen LogP contribution < -0.4 is 0 Å². The SMILES string of the molecule is CC(C)OC(=O)[C@H]1C[C@H](O)CCO1. The molecule has 0 aromatic rings. The number of carbonyl (C=O) groups is 1. The van der Waals surface area contributed by atoms with Gasteiger partial charge in [0.1, 0.15) is 0 Å². The van der Waals surface area contributed by atoms with E-state index in [4.69, 9.17) is 9.47 Å². The first kappa shape index (κ1) is 10.5. The highest BCUT2D eigenvalue weighted by atomic mass is 16.6. The minimum absolute atomic E-state index is 0.129. The van der Waals surface area contributed by atoms with Crippen LogP contribution in [0.1, 0.15) is 26.7 Å². The maximum absolute atomic E-state index is 11.3. The second-order valence-electron chi connectivity index (χ2n) is 3.52. The Morgan fingerprint density at radius 1 is 1.62 bits per heavy atom. The maximum Gasteiger partial charge on any atom is 0.335 e. The summed E-state index contributed by atoms with van der Waals surface area (Å²) in [4.78, 5) is 11.3. The van der Waals surface area contributed by atoms with Crippen LogP contribution in [0.3, 0.4) is 0 Å². The first-order valence-electron chi connectivity index (χ1n) is 4.59. The summed E-state index contributed by atoms with van der Waals surface area (Å²) >= 11 is 0. The Morgan fingerprint density at radius 2 is 2.31 bits per heavy atom. The number of carbonyl (C=O) groups excluding carboxylic acids is 1. The quantitative estimate of drug-likeness (QED) is 0.640. The van der Waals surface area contributed by atoms with E-state index in [1.165, 1.54) is 0 Å². The van der Waals surface area contributed by atoms with E-state index in [1.54, 1.807) is 13.8 Å². The summed E-state index contributed by atoms with van der Waals surface area (Å²) < 4.78 is 10.1. The fraction of sp³-hybridized carbons (Fsp3) is 0.889. The highest BCUT2D eigenvalue weighted by molar-refractivity contribution is 5.75. The van der Waals surface area contributed by atoms with Gasteiger partial charge in [0.25, 0.3) is 0 Å². The molecule has 1 heterocycles. The van der Waals surface area contributed by atoms with Crippen molar-refractivity contribution < 1.29 is 19.4 Å². The molecule has 0 spiro atoms. The number of esters is 1. The smallest absolute Gasteiger partial charge is 0.335 e. The number of rotatable bonds is 2. The molecule has 13 heavy (non-hydrogen) atoms. The van der Waals surface area contributed by atoms with Crippen molar-refractivity contribution in [3.05, 3.63) is 0 Å². The lowest BCUT2D eigenvalue weighted by atomic mass is 10.1. The average Bonchev–Trinajstić information content (AvgIpc) is 2.03. The fourth-order valence-corrected chi connectivity index (χ4v) is 1.25. The highest BCUT2D eigenvalue weighted by Crippen LogP contribution is 2.15. The van der Waals surface area contributed by atoms with Crippen LogP contribution in [0.25, 0.3) is 0 Å². The van der Waals surface area contributed by atoms with Gasteiger partial charge in [0.15, 0.2) is 6.10 Å². The molecule has 4 heteroatoms. The number of ether oxygens (including phenoxy) is 2. The average molecular weight is 188 g/mol. The van der Waals surface area contributed by atoms with Gasteiger partial charge in [-0.2, -0.15) is 0 Å². The van der Waals surface area contributed by atoms with E-state index in [-0.39, 0.29) is 12.1 Å². The van der Waals surface area contributed by atoms with Crippen LogP contribution in [0.2, 0.25) is 0 Å². The summed E-state index contributed by atoms with van der Waals surface area (Å²) in [5.74, 6) is -0.367. The molecule has 0 aromatic carbocycles. The number of hydrogen-bond donors (Lipinski definition) is 1. The molecule has 76 valence electrons. The van der Waals surface area contributed by atoms with E-state index >= 15 is 0 Å². The van der Waals surface area contributed by atoms with Crippen molar-refractivity contribution in [2.45, 2.75) is 45.0 Å². The van der Waals surface area contributed by atoms with Gasteiger partial charge in [-0.25, -0.2) is 4.79 Å². The molecule has 0 unspecified atom stereocenters. The monoisotopic (exact) mass is 188 g/mol. The zero-order chi connectivity index (χ0) is 9.84. The normalized spacial score (nSPS) is 28.9. The lowest BCUT2D eigenvalue weighted by Crippen LogP contribution is -2.36. The Labute approximate surface area is 77.8 Å². The van der Waals surface area contributed by atoms with Crippen molar-refractivity contribution in [3.8, 4) is 0 Å². The van der Waals surface area contributed by atoms with Crippen LogP contribution in [0, 0.1) is 0 Å². The minimum atomic E-state index is -0.578. The van der Waals surface area contributed by atoms with Gasteiger partial charge in [-0.05, 0) is 20.3 Å². The zero-order valence-electron chi connectivity index (χ0n) is 8.03. The van der Waals surface area contributed by atoms with Crippen LogP contribution in [0.15, 0.2) is 0 Å². The predicted molar refractivity (Wildman–Crippen MR) is 46.2 cm³/mol. The molecular weight excluding hydrogens is 172 g/mol. The molecule has 0 aromatic heterocycles. The molecular formula is C9H16O4. The summed E-state index contributed by atoms with van der Waals surface area (Å²) in [6.07, 6.45) is -0.184. The largest absolute Gasteiger partial charge is 0.461 e. The second kappa shape index (κ2) is 4.58. The standard InChI is InChI=1S/C9H16O4/c1-6(2)13-9(11)8-5-7(10)3-4-12-8/h6-8,10H,3-5H2,1-2H3/t7-,8-/m1/s1. The Bertz CT molecular complexity index is 178. The van der Waals surface area contributed by atoms with E-state index in [0.29, 0.717) is 19.4 Å². The summed E-state index contributed by atoms with van der Waals surface area (Å²) in [7, 11) is 0. The molecule has 1 fully saturated rings. The zero-order valence-corrected chi connectivity index (χ0v) is 8.03.